The summed E-state index contributed by atoms with van der Waals surface area (Å²) in [5.74, 6) is 1.63. The smallest absolute Gasteiger partial charge is 0.120 e. The lowest BCUT2D eigenvalue weighted by molar-refractivity contribution is 0.201. The number of allylic oxidation sites excluding steroid dienone is 2. The van der Waals surface area contributed by atoms with Crippen molar-refractivity contribution in [2.45, 2.75) is 25.7 Å². The molecule has 2 aliphatic rings. The van der Waals surface area contributed by atoms with E-state index in [1.165, 1.54) is 33.4 Å². The molecule has 136 valence electrons. The van der Waals surface area contributed by atoms with Crippen molar-refractivity contribution in [3.05, 3.63) is 58.7 Å². The lowest BCUT2D eigenvalue weighted by Crippen LogP contribution is -2.02. The Kier molecular flexibility index (Phi) is 4.96. The highest BCUT2D eigenvalue weighted by Gasteiger charge is 2.25. The second-order valence-electron chi connectivity index (χ2n) is 6.74. The predicted octanol–water partition coefficient (Wildman–Crippen LogP) is 3.23. The van der Waals surface area contributed by atoms with Gasteiger partial charge in [0.1, 0.15) is 24.7 Å². The number of aliphatic hydroxyl groups excluding tert-OH is 2. The van der Waals surface area contributed by atoms with E-state index in [9.17, 15) is 0 Å². The maximum Gasteiger partial charge on any atom is 0.120 e. The van der Waals surface area contributed by atoms with Gasteiger partial charge in [0, 0.05) is 0 Å². The molecule has 0 heterocycles. The number of rotatable bonds is 6. The predicted molar refractivity (Wildman–Crippen MR) is 102 cm³/mol. The summed E-state index contributed by atoms with van der Waals surface area (Å²) in [5.41, 5.74) is 8.12. The molecule has 2 N–H and O–H groups in total. The van der Waals surface area contributed by atoms with E-state index in [0.29, 0.717) is 13.2 Å². The summed E-state index contributed by atoms with van der Waals surface area (Å²) in [7, 11) is 0. The molecule has 0 aliphatic heterocycles. The topological polar surface area (TPSA) is 58.9 Å². The van der Waals surface area contributed by atoms with Crippen LogP contribution in [0.2, 0.25) is 0 Å². The van der Waals surface area contributed by atoms with Crippen LogP contribution in [0.5, 0.6) is 11.5 Å². The molecule has 0 fully saturated rings. The monoisotopic (exact) mass is 352 g/mol. The summed E-state index contributed by atoms with van der Waals surface area (Å²) in [5, 5.41) is 18.0. The van der Waals surface area contributed by atoms with E-state index in [1.54, 1.807) is 0 Å². The van der Waals surface area contributed by atoms with Gasteiger partial charge in [0.05, 0.1) is 13.2 Å². The van der Waals surface area contributed by atoms with Crippen molar-refractivity contribution in [3.8, 4) is 11.5 Å². The molecule has 0 saturated carbocycles. The lowest BCUT2D eigenvalue weighted by atomic mass is 9.97. The Hall–Kier alpha value is -2.30. The molecular weight excluding hydrogens is 328 g/mol. The van der Waals surface area contributed by atoms with E-state index in [2.05, 4.69) is 24.3 Å². The zero-order valence-corrected chi connectivity index (χ0v) is 14.8. The van der Waals surface area contributed by atoms with Gasteiger partial charge in [-0.15, -0.1) is 0 Å². The maximum absolute atomic E-state index is 8.98. The molecule has 0 radical (unpaired) electrons. The zero-order valence-electron chi connectivity index (χ0n) is 14.8. The normalized spacial score (nSPS) is 17.9. The number of aliphatic hydroxyl groups is 2. The molecule has 4 heteroatoms. The van der Waals surface area contributed by atoms with E-state index in [-0.39, 0.29) is 13.2 Å². The van der Waals surface area contributed by atoms with Gasteiger partial charge in [0.15, 0.2) is 0 Å². The molecule has 0 unspecified atom stereocenters. The Morgan fingerprint density at radius 2 is 1.12 bits per heavy atom. The number of benzene rings is 2. The number of ether oxygens (including phenoxy) is 2. The molecule has 26 heavy (non-hydrogen) atoms. The van der Waals surface area contributed by atoms with Crippen LogP contribution in [0.25, 0.3) is 11.1 Å². The van der Waals surface area contributed by atoms with Crippen molar-refractivity contribution >= 4 is 11.1 Å². The molecule has 0 atom stereocenters. The molecule has 4 rings (SSSR count). The summed E-state index contributed by atoms with van der Waals surface area (Å²) in [6.45, 7) is 0.683. The third-order valence-electron chi connectivity index (χ3n) is 5.19. The molecule has 2 aromatic rings. The first-order valence-corrected chi connectivity index (χ1v) is 9.26. The van der Waals surface area contributed by atoms with Crippen LogP contribution in [-0.4, -0.2) is 36.6 Å². The van der Waals surface area contributed by atoms with Crippen LogP contribution in [-0.2, 0) is 12.8 Å². The minimum absolute atomic E-state index is 0.0228. The highest BCUT2D eigenvalue weighted by Crippen LogP contribution is 2.45. The van der Waals surface area contributed by atoms with Crippen LogP contribution in [0, 0.1) is 0 Å². The molecule has 2 aliphatic carbocycles. The molecule has 4 nitrogen and oxygen atoms in total. The van der Waals surface area contributed by atoms with Gasteiger partial charge in [-0.05, 0) is 83.3 Å². The van der Waals surface area contributed by atoms with Gasteiger partial charge in [-0.25, -0.2) is 0 Å². The number of aryl methyl sites for hydroxylation is 2. The van der Waals surface area contributed by atoms with Crippen molar-refractivity contribution in [3.63, 3.8) is 0 Å². The minimum atomic E-state index is 0.0228. The van der Waals surface area contributed by atoms with E-state index in [0.717, 1.165) is 37.2 Å². The van der Waals surface area contributed by atoms with Gasteiger partial charge in [0.2, 0.25) is 0 Å². The van der Waals surface area contributed by atoms with Crippen molar-refractivity contribution < 1.29 is 19.7 Å². The van der Waals surface area contributed by atoms with E-state index in [1.807, 2.05) is 12.1 Å². The van der Waals surface area contributed by atoms with Gasteiger partial charge in [-0.1, -0.05) is 12.1 Å². The Bertz CT molecular complexity index is 769. The first-order chi connectivity index (χ1) is 12.8. The second-order valence-corrected chi connectivity index (χ2v) is 6.74. The van der Waals surface area contributed by atoms with Gasteiger partial charge in [0.25, 0.3) is 0 Å². The summed E-state index contributed by atoms with van der Waals surface area (Å²) < 4.78 is 11.2. The van der Waals surface area contributed by atoms with Crippen LogP contribution in [0.3, 0.4) is 0 Å². The number of fused-ring (bicyclic) bond motifs is 2. The molecule has 0 spiro atoms. The minimum Gasteiger partial charge on any atom is -0.491 e. The fourth-order valence-electron chi connectivity index (χ4n) is 4.03. The van der Waals surface area contributed by atoms with E-state index in [4.69, 9.17) is 19.7 Å². The number of hydrogen-bond donors (Lipinski definition) is 2. The lowest BCUT2D eigenvalue weighted by Gasteiger charge is -2.12. The second kappa shape index (κ2) is 7.52. The maximum atomic E-state index is 8.98. The first-order valence-electron chi connectivity index (χ1n) is 9.26. The van der Waals surface area contributed by atoms with Crippen LogP contribution in [0.15, 0.2) is 36.4 Å². The molecule has 0 amide bonds. The quantitative estimate of drug-likeness (QED) is 0.838. The standard InChI is InChI=1S/C22H24O4/c23-9-11-25-17-5-1-15-3-7-19(21(15)13-17)20-8-4-16-2-6-18(14-22(16)20)26-12-10-24/h1-2,5-6,13-14,23-24H,3-4,7-12H2/b20-19-. The summed E-state index contributed by atoms with van der Waals surface area (Å²) in [6, 6.07) is 12.5. The Morgan fingerprint density at radius 1 is 0.654 bits per heavy atom. The summed E-state index contributed by atoms with van der Waals surface area (Å²) in [4.78, 5) is 0. The molecule has 0 aromatic heterocycles. The van der Waals surface area contributed by atoms with Crippen molar-refractivity contribution in [1.29, 1.82) is 0 Å². The fourth-order valence-corrected chi connectivity index (χ4v) is 4.03. The fraction of sp³-hybridized carbons (Fsp3) is 0.364. The van der Waals surface area contributed by atoms with Crippen molar-refractivity contribution in [2.75, 3.05) is 26.4 Å². The molecule has 0 saturated heterocycles. The van der Waals surface area contributed by atoms with Crippen LogP contribution >= 0.6 is 0 Å². The molecule has 2 aromatic carbocycles. The van der Waals surface area contributed by atoms with E-state index < -0.39 is 0 Å². The average Bonchev–Trinajstić information content (AvgIpc) is 3.27. The van der Waals surface area contributed by atoms with Gasteiger partial charge < -0.3 is 19.7 Å². The Labute approximate surface area is 153 Å². The zero-order chi connectivity index (χ0) is 17.9. The average molecular weight is 352 g/mol. The Morgan fingerprint density at radius 3 is 1.54 bits per heavy atom. The van der Waals surface area contributed by atoms with Gasteiger partial charge in [-0.3, -0.25) is 0 Å². The third-order valence-corrected chi connectivity index (χ3v) is 5.19. The highest BCUT2D eigenvalue weighted by molar-refractivity contribution is 5.96. The Balaban J connectivity index is 1.70. The third kappa shape index (κ3) is 3.22. The molecular formula is C22H24O4. The first kappa shape index (κ1) is 17.1. The highest BCUT2D eigenvalue weighted by atomic mass is 16.5. The van der Waals surface area contributed by atoms with Gasteiger partial charge in [-0.2, -0.15) is 0 Å². The SMILES string of the molecule is OCCOc1ccc2c(c1)/C(=C1/CCc3ccc(OCCO)cc31)CC2. The largest absolute Gasteiger partial charge is 0.491 e. The van der Waals surface area contributed by atoms with Crippen LogP contribution < -0.4 is 9.47 Å². The number of hydrogen-bond acceptors (Lipinski definition) is 4. The van der Waals surface area contributed by atoms with Crippen molar-refractivity contribution in [2.24, 2.45) is 0 Å². The van der Waals surface area contributed by atoms with Gasteiger partial charge >= 0.3 is 0 Å². The summed E-state index contributed by atoms with van der Waals surface area (Å²) in [6.07, 6.45) is 4.22. The van der Waals surface area contributed by atoms with Crippen LogP contribution in [0.1, 0.15) is 35.1 Å². The van der Waals surface area contributed by atoms with Crippen molar-refractivity contribution in [1.82, 2.24) is 0 Å². The van der Waals surface area contributed by atoms with Crippen LogP contribution in [0.4, 0.5) is 0 Å². The van der Waals surface area contributed by atoms with E-state index >= 15 is 0 Å². The summed E-state index contributed by atoms with van der Waals surface area (Å²) >= 11 is 0. The molecule has 0 bridgehead atoms.